The van der Waals surface area contributed by atoms with Crippen LogP contribution in [0.5, 0.6) is 0 Å². The zero-order valence-corrected chi connectivity index (χ0v) is 11.5. The molecule has 0 saturated carbocycles. The number of aromatic nitrogens is 2. The summed E-state index contributed by atoms with van der Waals surface area (Å²) in [4.78, 5) is 19.4. The third kappa shape index (κ3) is 2.94. The molecule has 0 radical (unpaired) electrons. The molecule has 98 valence electrons. The first kappa shape index (κ1) is 13.6. The van der Waals surface area contributed by atoms with Crippen LogP contribution < -0.4 is 11.1 Å². The monoisotopic (exact) mass is 296 g/mol. The molecule has 0 aromatic carbocycles. The van der Waals surface area contributed by atoms with E-state index in [1.165, 1.54) is 6.07 Å². The van der Waals surface area contributed by atoms with Crippen LogP contribution >= 0.6 is 23.2 Å². The fourth-order valence-electron chi connectivity index (χ4n) is 1.56. The third-order valence-electron chi connectivity index (χ3n) is 2.45. The van der Waals surface area contributed by atoms with Crippen LogP contribution in [0.3, 0.4) is 0 Å². The minimum atomic E-state index is -0.690. The highest BCUT2D eigenvalue weighted by Crippen LogP contribution is 2.28. The van der Waals surface area contributed by atoms with Crippen molar-refractivity contribution in [2.75, 3.05) is 5.32 Å². The van der Waals surface area contributed by atoms with Crippen LogP contribution in [-0.2, 0) is 0 Å². The molecule has 1 amide bonds. The molecular weight excluding hydrogens is 287 g/mol. The standard InChI is InChI=1S/C12H10Cl2N4O/c1-6-3-2-4-16-12(6)17-7-5-8(13)18-10(14)9(7)11(15)19/h2-5H,1H3,(H2,15,19)(H,16,17,18). The van der Waals surface area contributed by atoms with Gasteiger partial charge in [-0.15, -0.1) is 0 Å². The Kier molecular flexibility index (Phi) is 3.87. The SMILES string of the molecule is Cc1cccnc1Nc1cc(Cl)nc(Cl)c1C(N)=O. The Morgan fingerprint density at radius 1 is 1.42 bits per heavy atom. The zero-order chi connectivity index (χ0) is 14.0. The molecule has 0 aliphatic heterocycles. The number of nitrogens with zero attached hydrogens (tertiary/aromatic N) is 2. The molecule has 0 aliphatic carbocycles. The molecule has 3 N–H and O–H groups in total. The van der Waals surface area contributed by atoms with Gasteiger partial charge in [-0.3, -0.25) is 4.79 Å². The second-order valence-electron chi connectivity index (χ2n) is 3.82. The van der Waals surface area contributed by atoms with Crippen LogP contribution in [0.15, 0.2) is 24.4 Å². The fraction of sp³-hybridized carbons (Fsp3) is 0.0833. The Labute approximate surface area is 119 Å². The van der Waals surface area contributed by atoms with E-state index in [4.69, 9.17) is 28.9 Å². The van der Waals surface area contributed by atoms with Gasteiger partial charge in [-0.05, 0) is 24.6 Å². The van der Waals surface area contributed by atoms with Gasteiger partial charge in [-0.1, -0.05) is 29.3 Å². The summed E-state index contributed by atoms with van der Waals surface area (Å²) in [5.41, 5.74) is 6.65. The van der Waals surface area contributed by atoms with Gasteiger partial charge in [-0.25, -0.2) is 9.97 Å². The second kappa shape index (κ2) is 5.42. The highest BCUT2D eigenvalue weighted by molar-refractivity contribution is 6.35. The molecular formula is C12H10Cl2N4O. The number of pyridine rings is 2. The predicted molar refractivity (Wildman–Crippen MR) is 75.0 cm³/mol. The Bertz CT molecular complexity index is 646. The molecule has 2 heterocycles. The summed E-state index contributed by atoms with van der Waals surface area (Å²) in [5.74, 6) is -0.103. The fourth-order valence-corrected chi connectivity index (χ4v) is 2.08. The number of hydrogen-bond donors (Lipinski definition) is 2. The van der Waals surface area contributed by atoms with Crippen LogP contribution in [0.2, 0.25) is 10.3 Å². The molecule has 0 atom stereocenters. The summed E-state index contributed by atoms with van der Waals surface area (Å²) in [6.45, 7) is 1.88. The summed E-state index contributed by atoms with van der Waals surface area (Å²) >= 11 is 11.7. The molecule has 0 unspecified atom stereocenters. The van der Waals surface area contributed by atoms with E-state index in [1.54, 1.807) is 6.20 Å². The van der Waals surface area contributed by atoms with Gasteiger partial charge in [0.1, 0.15) is 21.7 Å². The molecule has 0 fully saturated rings. The maximum absolute atomic E-state index is 11.4. The van der Waals surface area contributed by atoms with Crippen molar-refractivity contribution >= 4 is 40.6 Å². The number of carbonyl (C=O) groups excluding carboxylic acids is 1. The van der Waals surface area contributed by atoms with Crippen LogP contribution in [0.4, 0.5) is 11.5 Å². The quantitative estimate of drug-likeness (QED) is 0.853. The average Bonchev–Trinajstić information content (AvgIpc) is 2.30. The minimum Gasteiger partial charge on any atom is -0.365 e. The van der Waals surface area contributed by atoms with Crippen LogP contribution in [0.1, 0.15) is 15.9 Å². The number of anilines is 2. The highest BCUT2D eigenvalue weighted by Gasteiger charge is 2.16. The van der Waals surface area contributed by atoms with E-state index in [0.29, 0.717) is 11.5 Å². The molecule has 0 saturated heterocycles. The van der Waals surface area contributed by atoms with Gasteiger partial charge in [-0.2, -0.15) is 0 Å². The van der Waals surface area contributed by atoms with Crippen LogP contribution in [-0.4, -0.2) is 15.9 Å². The Morgan fingerprint density at radius 3 is 2.79 bits per heavy atom. The van der Waals surface area contributed by atoms with Gasteiger partial charge in [0.15, 0.2) is 0 Å². The Hall–Kier alpha value is -1.85. The van der Waals surface area contributed by atoms with Crippen molar-refractivity contribution in [3.63, 3.8) is 0 Å². The first-order valence-electron chi connectivity index (χ1n) is 5.33. The number of carbonyl (C=O) groups is 1. The number of nitrogens with one attached hydrogen (secondary N) is 1. The van der Waals surface area contributed by atoms with E-state index >= 15 is 0 Å². The molecule has 19 heavy (non-hydrogen) atoms. The molecule has 0 bridgehead atoms. The van der Waals surface area contributed by atoms with Gasteiger partial charge in [0.2, 0.25) is 0 Å². The number of hydrogen-bond acceptors (Lipinski definition) is 4. The summed E-state index contributed by atoms with van der Waals surface area (Å²) in [5, 5.41) is 3.10. The maximum Gasteiger partial charge on any atom is 0.253 e. The van der Waals surface area contributed by atoms with Crippen molar-refractivity contribution in [3.8, 4) is 0 Å². The molecule has 0 spiro atoms. The summed E-state index contributed by atoms with van der Waals surface area (Å²) in [7, 11) is 0. The number of primary amides is 1. The van der Waals surface area contributed by atoms with Crippen molar-refractivity contribution in [1.29, 1.82) is 0 Å². The van der Waals surface area contributed by atoms with E-state index in [1.807, 2.05) is 19.1 Å². The smallest absolute Gasteiger partial charge is 0.253 e. The lowest BCUT2D eigenvalue weighted by Crippen LogP contribution is -2.15. The molecule has 5 nitrogen and oxygen atoms in total. The van der Waals surface area contributed by atoms with Gasteiger partial charge >= 0.3 is 0 Å². The lowest BCUT2D eigenvalue weighted by atomic mass is 10.2. The predicted octanol–water partition coefficient (Wildman–Crippen LogP) is 2.93. The first-order valence-corrected chi connectivity index (χ1v) is 6.09. The Balaban J connectivity index is 2.51. The normalized spacial score (nSPS) is 10.3. The van der Waals surface area contributed by atoms with E-state index in [0.717, 1.165) is 5.56 Å². The minimum absolute atomic E-state index is 0.0453. The molecule has 0 aliphatic rings. The van der Waals surface area contributed by atoms with E-state index in [9.17, 15) is 4.79 Å². The summed E-state index contributed by atoms with van der Waals surface area (Å²) in [6.07, 6.45) is 1.63. The largest absolute Gasteiger partial charge is 0.365 e. The van der Waals surface area contributed by atoms with Crippen molar-refractivity contribution in [2.45, 2.75) is 6.92 Å². The lowest BCUT2D eigenvalue weighted by Gasteiger charge is -2.12. The maximum atomic E-state index is 11.4. The topological polar surface area (TPSA) is 80.9 Å². The first-order chi connectivity index (χ1) is 8.99. The van der Waals surface area contributed by atoms with E-state index < -0.39 is 5.91 Å². The van der Waals surface area contributed by atoms with Crippen molar-refractivity contribution in [3.05, 3.63) is 45.8 Å². The average molecular weight is 297 g/mol. The number of halogens is 2. The molecule has 2 aromatic heterocycles. The summed E-state index contributed by atoms with van der Waals surface area (Å²) in [6, 6.07) is 5.16. The summed E-state index contributed by atoms with van der Waals surface area (Å²) < 4.78 is 0. The Morgan fingerprint density at radius 2 is 2.16 bits per heavy atom. The molecule has 2 aromatic rings. The van der Waals surface area contributed by atoms with Crippen molar-refractivity contribution < 1.29 is 4.79 Å². The van der Waals surface area contributed by atoms with Gasteiger partial charge in [0, 0.05) is 6.20 Å². The van der Waals surface area contributed by atoms with E-state index in [2.05, 4.69) is 15.3 Å². The van der Waals surface area contributed by atoms with Crippen LogP contribution in [0, 0.1) is 6.92 Å². The van der Waals surface area contributed by atoms with Crippen molar-refractivity contribution in [1.82, 2.24) is 9.97 Å². The molecule has 2 rings (SSSR count). The van der Waals surface area contributed by atoms with E-state index in [-0.39, 0.29) is 15.9 Å². The number of nitrogens with two attached hydrogens (primary N) is 1. The highest BCUT2D eigenvalue weighted by atomic mass is 35.5. The van der Waals surface area contributed by atoms with Crippen LogP contribution in [0.25, 0.3) is 0 Å². The van der Waals surface area contributed by atoms with Gasteiger partial charge in [0.05, 0.1) is 5.69 Å². The van der Waals surface area contributed by atoms with Gasteiger partial charge in [0.25, 0.3) is 5.91 Å². The lowest BCUT2D eigenvalue weighted by molar-refractivity contribution is 0.100. The molecule has 7 heteroatoms. The number of amides is 1. The van der Waals surface area contributed by atoms with Crippen molar-refractivity contribution in [2.24, 2.45) is 5.73 Å². The number of aryl methyl sites for hydroxylation is 1. The second-order valence-corrected chi connectivity index (χ2v) is 4.56. The number of rotatable bonds is 3. The zero-order valence-electron chi connectivity index (χ0n) is 9.95. The third-order valence-corrected chi connectivity index (χ3v) is 2.92. The van der Waals surface area contributed by atoms with Gasteiger partial charge < -0.3 is 11.1 Å².